The fourth-order valence-electron chi connectivity index (χ4n) is 1.08. The Morgan fingerprint density at radius 1 is 1.06 bits per heavy atom. The van der Waals surface area contributed by atoms with Crippen molar-refractivity contribution in [1.82, 2.24) is 0 Å². The standard InChI is InChI=1S/C15H19N/c1-5-8-15(9-6-2)11-10-14(7-3)12-13(4)16/h5-12H,1,3-4,16H2,2H3/b9-6-,11-10+,14-12+,15-8+. The lowest BCUT2D eigenvalue weighted by Crippen LogP contribution is -1.90. The first-order chi connectivity index (χ1) is 7.63. The van der Waals surface area contributed by atoms with Gasteiger partial charge in [0.25, 0.3) is 0 Å². The fourth-order valence-corrected chi connectivity index (χ4v) is 1.08. The average molecular weight is 213 g/mol. The van der Waals surface area contributed by atoms with Gasteiger partial charge in [0.2, 0.25) is 0 Å². The summed E-state index contributed by atoms with van der Waals surface area (Å²) in [5.74, 6) is 0. The van der Waals surface area contributed by atoms with E-state index in [-0.39, 0.29) is 0 Å². The Labute approximate surface area is 98.4 Å². The van der Waals surface area contributed by atoms with E-state index >= 15 is 0 Å². The summed E-state index contributed by atoms with van der Waals surface area (Å²) in [5, 5.41) is 0. The molecular formula is C15H19N. The third-order valence-electron chi connectivity index (χ3n) is 1.73. The highest BCUT2D eigenvalue weighted by Crippen LogP contribution is 2.06. The number of hydrogen-bond donors (Lipinski definition) is 1. The zero-order chi connectivity index (χ0) is 12.4. The van der Waals surface area contributed by atoms with E-state index in [0.29, 0.717) is 5.70 Å². The highest BCUT2D eigenvalue weighted by molar-refractivity contribution is 5.41. The van der Waals surface area contributed by atoms with Crippen molar-refractivity contribution in [3.8, 4) is 0 Å². The van der Waals surface area contributed by atoms with Gasteiger partial charge in [0.15, 0.2) is 0 Å². The summed E-state index contributed by atoms with van der Waals surface area (Å²) >= 11 is 0. The van der Waals surface area contributed by atoms with Crippen LogP contribution in [0.4, 0.5) is 0 Å². The van der Waals surface area contributed by atoms with Crippen LogP contribution in [0.3, 0.4) is 0 Å². The molecule has 0 aliphatic carbocycles. The van der Waals surface area contributed by atoms with Gasteiger partial charge in [-0.05, 0) is 24.1 Å². The number of allylic oxidation sites excluding steroid dienone is 10. The molecule has 0 saturated heterocycles. The Balaban J connectivity index is 4.91. The van der Waals surface area contributed by atoms with Gasteiger partial charge >= 0.3 is 0 Å². The van der Waals surface area contributed by atoms with Crippen LogP contribution in [0.1, 0.15) is 6.92 Å². The van der Waals surface area contributed by atoms with Crippen molar-refractivity contribution in [2.45, 2.75) is 6.92 Å². The Kier molecular flexibility index (Phi) is 7.25. The van der Waals surface area contributed by atoms with Crippen molar-refractivity contribution in [2.24, 2.45) is 5.73 Å². The Morgan fingerprint density at radius 2 is 1.69 bits per heavy atom. The lowest BCUT2D eigenvalue weighted by molar-refractivity contribution is 1.43. The third-order valence-corrected chi connectivity index (χ3v) is 1.73. The molecule has 0 aromatic rings. The molecule has 0 fully saturated rings. The third kappa shape index (κ3) is 6.44. The largest absolute Gasteiger partial charge is 0.399 e. The van der Waals surface area contributed by atoms with E-state index in [2.05, 4.69) is 19.7 Å². The maximum atomic E-state index is 5.50. The van der Waals surface area contributed by atoms with E-state index < -0.39 is 0 Å². The SMILES string of the molecule is C=C/C=C(\C=C/C)/C=C/C(C=C)=C/C(=C)N. The Bertz CT molecular complexity index is 372. The fraction of sp³-hybridized carbons (Fsp3) is 0.0667. The second-order valence-electron chi connectivity index (χ2n) is 3.16. The van der Waals surface area contributed by atoms with E-state index in [1.165, 1.54) is 0 Å². The summed E-state index contributed by atoms with van der Waals surface area (Å²) in [7, 11) is 0. The van der Waals surface area contributed by atoms with Gasteiger partial charge in [-0.25, -0.2) is 0 Å². The second kappa shape index (κ2) is 8.30. The molecule has 0 aromatic carbocycles. The lowest BCUT2D eigenvalue weighted by Gasteiger charge is -1.95. The lowest BCUT2D eigenvalue weighted by atomic mass is 10.1. The zero-order valence-corrected chi connectivity index (χ0v) is 9.82. The van der Waals surface area contributed by atoms with Crippen LogP contribution in [0.2, 0.25) is 0 Å². The van der Waals surface area contributed by atoms with E-state index in [4.69, 9.17) is 5.73 Å². The molecule has 0 aliphatic heterocycles. The number of rotatable bonds is 6. The Hall–Kier alpha value is -2.02. The summed E-state index contributed by atoms with van der Waals surface area (Å²) in [6.07, 6.45) is 15.0. The molecule has 0 spiro atoms. The topological polar surface area (TPSA) is 26.0 Å². The van der Waals surface area contributed by atoms with E-state index in [1.54, 1.807) is 18.2 Å². The molecule has 0 aromatic heterocycles. The first-order valence-electron chi connectivity index (χ1n) is 5.06. The van der Waals surface area contributed by atoms with Crippen molar-refractivity contribution in [2.75, 3.05) is 0 Å². The molecule has 0 unspecified atom stereocenters. The summed E-state index contributed by atoms with van der Waals surface area (Å²) < 4.78 is 0. The summed E-state index contributed by atoms with van der Waals surface area (Å²) in [5.41, 5.74) is 8.00. The molecule has 0 atom stereocenters. The molecule has 0 heterocycles. The number of hydrogen-bond acceptors (Lipinski definition) is 1. The molecular weight excluding hydrogens is 194 g/mol. The van der Waals surface area contributed by atoms with E-state index in [0.717, 1.165) is 11.1 Å². The predicted molar refractivity (Wildman–Crippen MR) is 73.8 cm³/mol. The van der Waals surface area contributed by atoms with Crippen molar-refractivity contribution < 1.29 is 0 Å². The van der Waals surface area contributed by atoms with E-state index in [9.17, 15) is 0 Å². The first kappa shape index (κ1) is 14.0. The molecule has 0 rings (SSSR count). The molecule has 0 amide bonds. The molecule has 16 heavy (non-hydrogen) atoms. The quantitative estimate of drug-likeness (QED) is 0.667. The van der Waals surface area contributed by atoms with Gasteiger partial charge in [-0.1, -0.05) is 62.3 Å². The summed E-state index contributed by atoms with van der Waals surface area (Å²) in [4.78, 5) is 0. The predicted octanol–water partition coefficient (Wildman–Crippen LogP) is 3.82. The first-order valence-corrected chi connectivity index (χ1v) is 5.06. The van der Waals surface area contributed by atoms with Crippen LogP contribution < -0.4 is 5.73 Å². The minimum Gasteiger partial charge on any atom is -0.399 e. The van der Waals surface area contributed by atoms with Crippen LogP contribution in [0.25, 0.3) is 0 Å². The van der Waals surface area contributed by atoms with Gasteiger partial charge in [-0.3, -0.25) is 0 Å². The minimum atomic E-state index is 0.514. The van der Waals surface area contributed by atoms with E-state index in [1.807, 2.05) is 37.3 Å². The van der Waals surface area contributed by atoms with Gasteiger partial charge < -0.3 is 5.73 Å². The van der Waals surface area contributed by atoms with Gasteiger partial charge in [0.05, 0.1) is 0 Å². The smallest absolute Gasteiger partial charge is 0.0246 e. The zero-order valence-electron chi connectivity index (χ0n) is 9.82. The Morgan fingerprint density at radius 3 is 2.12 bits per heavy atom. The maximum Gasteiger partial charge on any atom is 0.0246 e. The van der Waals surface area contributed by atoms with Gasteiger partial charge in [-0.2, -0.15) is 0 Å². The molecule has 1 heteroatoms. The molecule has 0 radical (unpaired) electrons. The number of nitrogens with two attached hydrogens (primary N) is 1. The highest BCUT2D eigenvalue weighted by Gasteiger charge is 1.87. The van der Waals surface area contributed by atoms with Crippen molar-refractivity contribution >= 4 is 0 Å². The second-order valence-corrected chi connectivity index (χ2v) is 3.16. The van der Waals surface area contributed by atoms with Crippen LogP contribution in [-0.4, -0.2) is 0 Å². The average Bonchev–Trinajstić information content (AvgIpc) is 2.24. The minimum absolute atomic E-state index is 0.514. The normalized spacial score (nSPS) is 13.3. The van der Waals surface area contributed by atoms with Crippen LogP contribution in [0, 0.1) is 0 Å². The summed E-state index contributed by atoms with van der Waals surface area (Å²) in [6.45, 7) is 13.0. The maximum absolute atomic E-state index is 5.50. The van der Waals surface area contributed by atoms with Crippen LogP contribution in [0.15, 0.2) is 85.2 Å². The molecule has 0 saturated carbocycles. The molecule has 84 valence electrons. The molecule has 1 nitrogen and oxygen atoms in total. The molecule has 0 aliphatic rings. The van der Waals surface area contributed by atoms with Gasteiger partial charge in [0, 0.05) is 5.70 Å². The van der Waals surface area contributed by atoms with Crippen molar-refractivity contribution in [3.05, 3.63) is 85.2 Å². The van der Waals surface area contributed by atoms with Crippen LogP contribution in [0.5, 0.6) is 0 Å². The van der Waals surface area contributed by atoms with Crippen molar-refractivity contribution in [3.63, 3.8) is 0 Å². The highest BCUT2D eigenvalue weighted by atomic mass is 14.5. The van der Waals surface area contributed by atoms with Gasteiger partial charge in [-0.15, -0.1) is 0 Å². The van der Waals surface area contributed by atoms with Crippen molar-refractivity contribution in [1.29, 1.82) is 0 Å². The van der Waals surface area contributed by atoms with Crippen LogP contribution >= 0.6 is 0 Å². The molecule has 2 N–H and O–H groups in total. The van der Waals surface area contributed by atoms with Gasteiger partial charge in [0.1, 0.15) is 0 Å². The van der Waals surface area contributed by atoms with Crippen LogP contribution in [-0.2, 0) is 0 Å². The molecule has 0 bridgehead atoms. The monoisotopic (exact) mass is 213 g/mol. The summed E-state index contributed by atoms with van der Waals surface area (Å²) in [6, 6.07) is 0.